The standard InChI is InChI=1S/C15H22OSi/c1-4-5-11-17-16-12-13(2)14(3)15-9-7-6-8-10-15/h6-10H,4-5,11-12H2,1-3H3. The summed E-state index contributed by atoms with van der Waals surface area (Å²) in [5.41, 5.74) is 3.97. The third kappa shape index (κ3) is 5.33. The first-order chi connectivity index (χ1) is 8.25. The summed E-state index contributed by atoms with van der Waals surface area (Å²) in [4.78, 5) is 0. The van der Waals surface area contributed by atoms with Crippen molar-refractivity contribution >= 4 is 15.3 Å². The van der Waals surface area contributed by atoms with Crippen molar-refractivity contribution in [2.75, 3.05) is 6.61 Å². The van der Waals surface area contributed by atoms with Crippen molar-refractivity contribution in [3.05, 3.63) is 41.5 Å². The van der Waals surface area contributed by atoms with Crippen LogP contribution in [-0.2, 0) is 4.43 Å². The van der Waals surface area contributed by atoms with E-state index >= 15 is 0 Å². The van der Waals surface area contributed by atoms with Crippen LogP contribution >= 0.6 is 0 Å². The molecule has 17 heavy (non-hydrogen) atoms. The summed E-state index contributed by atoms with van der Waals surface area (Å²) in [7, 11) is 0.648. The molecule has 2 radical (unpaired) electrons. The molecule has 1 aromatic rings. The summed E-state index contributed by atoms with van der Waals surface area (Å²) in [5, 5.41) is 0. The Morgan fingerprint density at radius 3 is 2.53 bits per heavy atom. The molecule has 92 valence electrons. The van der Waals surface area contributed by atoms with Gasteiger partial charge in [0.1, 0.15) is 0 Å². The molecule has 0 aliphatic heterocycles. The van der Waals surface area contributed by atoms with Crippen LogP contribution in [0.3, 0.4) is 0 Å². The molecular weight excluding hydrogens is 224 g/mol. The highest BCUT2D eigenvalue weighted by atomic mass is 28.2. The molecule has 0 saturated heterocycles. The minimum absolute atomic E-state index is 0.648. The van der Waals surface area contributed by atoms with Gasteiger partial charge in [-0.3, -0.25) is 0 Å². The fourth-order valence-electron chi connectivity index (χ4n) is 1.52. The van der Waals surface area contributed by atoms with Gasteiger partial charge in [0.05, 0.1) is 6.61 Å². The minimum atomic E-state index is 0.648. The van der Waals surface area contributed by atoms with Crippen LogP contribution in [0.5, 0.6) is 0 Å². The highest BCUT2D eigenvalue weighted by Gasteiger charge is 2.00. The Morgan fingerprint density at radius 2 is 1.88 bits per heavy atom. The molecule has 0 fully saturated rings. The zero-order valence-electron chi connectivity index (χ0n) is 11.1. The maximum atomic E-state index is 5.71. The SMILES string of the molecule is CCCC[Si]OCC(C)=C(C)c1ccccc1. The lowest BCUT2D eigenvalue weighted by molar-refractivity contribution is 0.372. The molecule has 0 amide bonds. The van der Waals surface area contributed by atoms with Crippen molar-refractivity contribution < 1.29 is 4.43 Å². The second-order valence-electron chi connectivity index (χ2n) is 4.31. The van der Waals surface area contributed by atoms with Crippen LogP contribution in [0.1, 0.15) is 39.2 Å². The van der Waals surface area contributed by atoms with Crippen LogP contribution in [0.2, 0.25) is 6.04 Å². The second kappa shape index (κ2) is 8.26. The van der Waals surface area contributed by atoms with Crippen molar-refractivity contribution in [2.24, 2.45) is 0 Å². The topological polar surface area (TPSA) is 9.23 Å². The molecule has 1 aromatic carbocycles. The van der Waals surface area contributed by atoms with E-state index in [4.69, 9.17) is 4.43 Å². The van der Waals surface area contributed by atoms with E-state index in [9.17, 15) is 0 Å². The Balaban J connectivity index is 2.42. The second-order valence-corrected chi connectivity index (χ2v) is 5.39. The normalized spacial score (nSPS) is 12.4. The quantitative estimate of drug-likeness (QED) is 0.514. The van der Waals surface area contributed by atoms with Gasteiger partial charge in [-0.1, -0.05) is 50.1 Å². The van der Waals surface area contributed by atoms with Crippen molar-refractivity contribution in [3.8, 4) is 0 Å². The zero-order chi connectivity index (χ0) is 12.5. The third-order valence-electron chi connectivity index (χ3n) is 2.87. The van der Waals surface area contributed by atoms with Gasteiger partial charge in [-0.25, -0.2) is 0 Å². The van der Waals surface area contributed by atoms with Gasteiger partial charge in [0.15, 0.2) is 0 Å². The van der Waals surface area contributed by atoms with Crippen LogP contribution in [0.25, 0.3) is 5.57 Å². The number of hydrogen-bond acceptors (Lipinski definition) is 1. The monoisotopic (exact) mass is 246 g/mol. The van der Waals surface area contributed by atoms with Crippen molar-refractivity contribution in [1.29, 1.82) is 0 Å². The first-order valence-corrected chi connectivity index (χ1v) is 7.43. The maximum Gasteiger partial charge on any atom is 0.230 e. The molecule has 0 aliphatic rings. The molecule has 0 spiro atoms. The van der Waals surface area contributed by atoms with Crippen LogP contribution in [0.15, 0.2) is 35.9 Å². The Bertz CT molecular complexity index is 343. The largest absolute Gasteiger partial charge is 0.414 e. The highest BCUT2D eigenvalue weighted by molar-refractivity contribution is 6.27. The lowest BCUT2D eigenvalue weighted by Gasteiger charge is -2.08. The van der Waals surface area contributed by atoms with Crippen molar-refractivity contribution in [3.63, 3.8) is 0 Å². The first kappa shape index (κ1) is 14.2. The van der Waals surface area contributed by atoms with Gasteiger partial charge < -0.3 is 4.43 Å². The van der Waals surface area contributed by atoms with Gasteiger partial charge in [-0.05, 0) is 36.6 Å². The third-order valence-corrected chi connectivity index (χ3v) is 3.78. The van der Waals surface area contributed by atoms with Crippen LogP contribution in [0.4, 0.5) is 0 Å². The Labute approximate surface area is 108 Å². The molecular formula is C15H22OSi. The fraction of sp³-hybridized carbons (Fsp3) is 0.467. The number of allylic oxidation sites excluding steroid dienone is 1. The molecule has 2 heteroatoms. The molecule has 1 nitrogen and oxygen atoms in total. The number of hydrogen-bond donors (Lipinski definition) is 0. The Kier molecular flexibility index (Phi) is 6.90. The van der Waals surface area contributed by atoms with Crippen LogP contribution < -0.4 is 0 Å². The lowest BCUT2D eigenvalue weighted by Crippen LogP contribution is -2.02. The molecule has 0 aliphatic carbocycles. The molecule has 0 aromatic heterocycles. The molecule has 0 N–H and O–H groups in total. The van der Waals surface area contributed by atoms with E-state index in [2.05, 4.69) is 51.1 Å². The lowest BCUT2D eigenvalue weighted by atomic mass is 10.0. The van der Waals surface area contributed by atoms with Crippen molar-refractivity contribution in [1.82, 2.24) is 0 Å². The molecule has 1 rings (SSSR count). The van der Waals surface area contributed by atoms with E-state index < -0.39 is 0 Å². The number of benzene rings is 1. The molecule has 0 atom stereocenters. The van der Waals surface area contributed by atoms with Gasteiger partial charge in [0, 0.05) is 0 Å². The van der Waals surface area contributed by atoms with E-state index in [1.807, 2.05) is 0 Å². The van der Waals surface area contributed by atoms with Gasteiger partial charge in [-0.15, -0.1) is 0 Å². The summed E-state index contributed by atoms with van der Waals surface area (Å²) in [6.45, 7) is 7.31. The highest BCUT2D eigenvalue weighted by Crippen LogP contribution is 2.17. The first-order valence-electron chi connectivity index (χ1n) is 6.32. The van der Waals surface area contributed by atoms with Gasteiger partial charge in [0.2, 0.25) is 9.76 Å². The summed E-state index contributed by atoms with van der Waals surface area (Å²) < 4.78 is 5.71. The predicted octanol–water partition coefficient (Wildman–Crippen LogP) is 4.33. The van der Waals surface area contributed by atoms with E-state index in [0.717, 1.165) is 6.61 Å². The molecule has 0 heterocycles. The van der Waals surface area contributed by atoms with Crippen LogP contribution in [-0.4, -0.2) is 16.4 Å². The Hall–Kier alpha value is -0.863. The molecule has 0 bridgehead atoms. The molecule has 0 saturated carbocycles. The van der Waals surface area contributed by atoms with E-state index in [1.165, 1.54) is 35.6 Å². The summed E-state index contributed by atoms with van der Waals surface area (Å²) in [6, 6.07) is 11.7. The average Bonchev–Trinajstić information content (AvgIpc) is 2.38. The van der Waals surface area contributed by atoms with E-state index in [0.29, 0.717) is 9.76 Å². The predicted molar refractivity (Wildman–Crippen MR) is 76.1 cm³/mol. The summed E-state index contributed by atoms with van der Waals surface area (Å²) in [5.74, 6) is 0. The Morgan fingerprint density at radius 1 is 1.18 bits per heavy atom. The van der Waals surface area contributed by atoms with E-state index in [-0.39, 0.29) is 0 Å². The number of unbranched alkanes of at least 4 members (excludes halogenated alkanes) is 1. The minimum Gasteiger partial charge on any atom is -0.414 e. The summed E-state index contributed by atoms with van der Waals surface area (Å²) in [6.07, 6.45) is 2.53. The van der Waals surface area contributed by atoms with Gasteiger partial charge >= 0.3 is 0 Å². The zero-order valence-corrected chi connectivity index (χ0v) is 12.1. The van der Waals surface area contributed by atoms with E-state index in [1.54, 1.807) is 0 Å². The number of rotatable bonds is 7. The fourth-order valence-corrected chi connectivity index (χ4v) is 2.48. The smallest absolute Gasteiger partial charge is 0.230 e. The van der Waals surface area contributed by atoms with Gasteiger partial charge in [0.25, 0.3) is 0 Å². The maximum absolute atomic E-state index is 5.71. The average molecular weight is 246 g/mol. The molecule has 0 unspecified atom stereocenters. The van der Waals surface area contributed by atoms with Crippen molar-refractivity contribution in [2.45, 2.75) is 39.7 Å². The van der Waals surface area contributed by atoms with Crippen LogP contribution in [0, 0.1) is 0 Å². The van der Waals surface area contributed by atoms with Gasteiger partial charge in [-0.2, -0.15) is 0 Å². The summed E-state index contributed by atoms with van der Waals surface area (Å²) >= 11 is 0.